The van der Waals surface area contributed by atoms with Crippen molar-refractivity contribution in [1.29, 1.82) is 0 Å². The van der Waals surface area contributed by atoms with Crippen LogP contribution in [-0.2, 0) is 17.8 Å². The number of nitrogens with zero attached hydrogens (tertiary/aromatic N) is 5. The van der Waals surface area contributed by atoms with Gasteiger partial charge in [0.15, 0.2) is 0 Å². The van der Waals surface area contributed by atoms with Crippen molar-refractivity contribution in [3.8, 4) is 5.75 Å². The maximum Gasteiger partial charge on any atom is 0.242 e. The minimum Gasteiger partial charge on any atom is -0.497 e. The molecule has 0 unspecified atom stereocenters. The fourth-order valence-electron chi connectivity index (χ4n) is 4.75. The first-order valence-electron chi connectivity index (χ1n) is 13.6. The van der Waals surface area contributed by atoms with Crippen molar-refractivity contribution in [2.24, 2.45) is 0 Å². The van der Waals surface area contributed by atoms with Gasteiger partial charge in [0.25, 0.3) is 0 Å². The van der Waals surface area contributed by atoms with E-state index in [0.717, 1.165) is 60.6 Å². The third kappa shape index (κ3) is 7.77. The van der Waals surface area contributed by atoms with Crippen molar-refractivity contribution in [1.82, 2.24) is 19.2 Å². The smallest absolute Gasteiger partial charge is 0.242 e. The van der Waals surface area contributed by atoms with E-state index in [2.05, 4.69) is 62.7 Å². The zero-order chi connectivity index (χ0) is 27.6. The molecule has 4 aromatic rings. The van der Waals surface area contributed by atoms with Crippen LogP contribution in [0.2, 0.25) is 0 Å². The molecule has 8 heteroatoms. The fourth-order valence-corrected chi connectivity index (χ4v) is 5.43. The van der Waals surface area contributed by atoms with Crippen molar-refractivity contribution in [3.63, 3.8) is 0 Å². The summed E-state index contributed by atoms with van der Waals surface area (Å²) in [5.41, 5.74) is 3.43. The molecule has 0 aliphatic carbocycles. The Kier molecular flexibility index (Phi) is 9.55. The molecule has 0 radical (unpaired) electrons. The van der Waals surface area contributed by atoms with Crippen molar-refractivity contribution >= 4 is 28.6 Å². The number of rotatable bonds is 11. The average molecular weight is 554 g/mol. The topological polar surface area (TPSA) is 61.8 Å². The normalized spacial score (nSPS) is 14.0. The van der Waals surface area contributed by atoms with Gasteiger partial charge in [-0.15, -0.1) is 0 Å². The molecule has 1 aromatic heterocycles. The van der Waals surface area contributed by atoms with Gasteiger partial charge in [0.1, 0.15) is 11.6 Å². The number of methoxy groups -OCH3 is 1. The highest BCUT2D eigenvalue weighted by molar-refractivity contribution is 7.09. The largest absolute Gasteiger partial charge is 0.497 e. The highest BCUT2D eigenvalue weighted by Gasteiger charge is 2.24. The van der Waals surface area contributed by atoms with Crippen LogP contribution in [-0.4, -0.2) is 71.4 Å². The Morgan fingerprint density at radius 3 is 2.42 bits per heavy atom. The minimum atomic E-state index is 0.125. The first-order valence-corrected chi connectivity index (χ1v) is 14.4. The lowest BCUT2D eigenvalue weighted by atomic mass is 10.1. The van der Waals surface area contributed by atoms with E-state index in [1.165, 1.54) is 17.1 Å². The van der Waals surface area contributed by atoms with Crippen LogP contribution >= 0.6 is 11.5 Å². The van der Waals surface area contributed by atoms with Gasteiger partial charge in [-0.05, 0) is 28.8 Å². The van der Waals surface area contributed by atoms with Crippen molar-refractivity contribution < 1.29 is 9.53 Å². The second kappa shape index (κ2) is 13.9. The van der Waals surface area contributed by atoms with E-state index in [1.54, 1.807) is 7.11 Å². The number of carbonyl (C=O) groups excluding carboxylic acids is 1. The number of carbonyl (C=O) groups is 1. The molecular weight excluding hydrogens is 518 g/mol. The van der Waals surface area contributed by atoms with Gasteiger partial charge in [-0.1, -0.05) is 84.9 Å². The molecule has 1 amide bonds. The monoisotopic (exact) mass is 553 g/mol. The van der Waals surface area contributed by atoms with Gasteiger partial charge in [0, 0.05) is 57.2 Å². The third-order valence-corrected chi connectivity index (χ3v) is 7.78. The van der Waals surface area contributed by atoms with Crippen LogP contribution in [0.4, 0.5) is 5.13 Å². The molecule has 1 fully saturated rings. The van der Waals surface area contributed by atoms with Gasteiger partial charge < -0.3 is 14.5 Å². The summed E-state index contributed by atoms with van der Waals surface area (Å²) < 4.78 is 9.97. The summed E-state index contributed by atoms with van der Waals surface area (Å²) in [5.74, 6) is 1.69. The molecule has 3 aromatic carbocycles. The van der Waals surface area contributed by atoms with E-state index in [0.29, 0.717) is 13.0 Å². The predicted octanol–water partition coefficient (Wildman–Crippen LogP) is 5.00. The zero-order valence-electron chi connectivity index (χ0n) is 22.9. The number of ether oxygens (including phenoxy) is 1. The molecule has 1 saturated heterocycles. The summed E-state index contributed by atoms with van der Waals surface area (Å²) in [6.45, 7) is 4.96. The molecule has 7 nitrogen and oxygen atoms in total. The van der Waals surface area contributed by atoms with Crippen LogP contribution in [0, 0.1) is 0 Å². The molecule has 0 saturated carbocycles. The summed E-state index contributed by atoms with van der Waals surface area (Å²) >= 11 is 1.35. The first kappa shape index (κ1) is 27.6. The number of hydrogen-bond donors (Lipinski definition) is 0. The second-order valence-electron chi connectivity index (χ2n) is 9.86. The maximum atomic E-state index is 13.4. The Labute approximate surface area is 240 Å². The molecule has 2 heterocycles. The Hall–Kier alpha value is -4.01. The van der Waals surface area contributed by atoms with Gasteiger partial charge in [0.2, 0.25) is 11.0 Å². The standard InChI is InChI=1S/C32H35N5O2S/c1-39-29-16-8-14-28(22-29)23-30-33-32(40-34-30)37(24-27-12-6-3-7-13-27)25-31(38)36-20-18-35(19-21-36)17-9-15-26-10-4-2-5-11-26/h2-16,22H,17-21,23-25H2,1H3/b15-9+. The molecule has 0 atom stereocenters. The van der Waals surface area contributed by atoms with Crippen LogP contribution in [0.3, 0.4) is 0 Å². The highest BCUT2D eigenvalue weighted by atomic mass is 32.1. The van der Waals surface area contributed by atoms with Gasteiger partial charge in [-0.2, -0.15) is 4.37 Å². The Morgan fingerprint density at radius 1 is 0.950 bits per heavy atom. The fraction of sp³-hybridized carbons (Fsp3) is 0.281. The van der Waals surface area contributed by atoms with Crippen molar-refractivity contribution in [2.75, 3.05) is 51.3 Å². The van der Waals surface area contributed by atoms with E-state index in [1.807, 2.05) is 53.4 Å². The Balaban J connectivity index is 1.20. The SMILES string of the molecule is COc1cccc(Cc2nsc(N(CC(=O)N3CCN(C/C=C/c4ccccc4)CC3)Cc3ccccc3)n2)c1. The van der Waals surface area contributed by atoms with Crippen LogP contribution in [0.25, 0.3) is 6.08 Å². The summed E-state index contributed by atoms with van der Waals surface area (Å²) in [6.07, 6.45) is 4.97. The summed E-state index contributed by atoms with van der Waals surface area (Å²) in [7, 11) is 1.67. The van der Waals surface area contributed by atoms with E-state index >= 15 is 0 Å². The van der Waals surface area contributed by atoms with E-state index in [4.69, 9.17) is 9.72 Å². The number of aromatic nitrogens is 2. The lowest BCUT2D eigenvalue weighted by molar-refractivity contribution is -0.131. The number of amides is 1. The summed E-state index contributed by atoms with van der Waals surface area (Å²) in [4.78, 5) is 24.7. The zero-order valence-corrected chi connectivity index (χ0v) is 23.7. The molecule has 0 spiro atoms. The van der Waals surface area contributed by atoms with Gasteiger partial charge in [-0.25, -0.2) is 4.98 Å². The number of hydrogen-bond acceptors (Lipinski definition) is 7. The van der Waals surface area contributed by atoms with Crippen LogP contribution in [0.5, 0.6) is 5.75 Å². The highest BCUT2D eigenvalue weighted by Crippen LogP contribution is 2.23. The second-order valence-corrected chi connectivity index (χ2v) is 10.6. The van der Waals surface area contributed by atoms with Crippen molar-refractivity contribution in [3.05, 3.63) is 114 Å². The Morgan fingerprint density at radius 2 is 1.68 bits per heavy atom. The number of anilines is 1. The maximum absolute atomic E-state index is 13.4. The lowest BCUT2D eigenvalue weighted by Gasteiger charge is -2.35. The van der Waals surface area contributed by atoms with Gasteiger partial charge >= 0.3 is 0 Å². The molecule has 0 bridgehead atoms. The van der Waals surface area contributed by atoms with E-state index in [-0.39, 0.29) is 12.5 Å². The first-order chi connectivity index (χ1) is 19.7. The van der Waals surface area contributed by atoms with Crippen LogP contribution in [0.15, 0.2) is 91.0 Å². The molecule has 5 rings (SSSR count). The van der Waals surface area contributed by atoms with Crippen LogP contribution in [0.1, 0.15) is 22.5 Å². The molecule has 206 valence electrons. The lowest BCUT2D eigenvalue weighted by Crippen LogP contribution is -2.51. The van der Waals surface area contributed by atoms with Crippen LogP contribution < -0.4 is 9.64 Å². The molecule has 1 aliphatic rings. The summed E-state index contributed by atoms with van der Waals surface area (Å²) in [5, 5.41) is 0.764. The minimum absolute atomic E-state index is 0.125. The van der Waals surface area contributed by atoms with E-state index < -0.39 is 0 Å². The number of piperazine rings is 1. The quantitative estimate of drug-likeness (QED) is 0.261. The van der Waals surface area contributed by atoms with Crippen molar-refractivity contribution in [2.45, 2.75) is 13.0 Å². The third-order valence-electron chi connectivity index (χ3n) is 6.97. The molecular formula is C32H35N5O2S. The average Bonchev–Trinajstić information content (AvgIpc) is 3.46. The summed E-state index contributed by atoms with van der Waals surface area (Å²) in [6, 6.07) is 28.5. The molecule has 40 heavy (non-hydrogen) atoms. The number of benzene rings is 3. The Bertz CT molecular complexity index is 1380. The van der Waals surface area contributed by atoms with Gasteiger partial charge in [0.05, 0.1) is 13.7 Å². The van der Waals surface area contributed by atoms with E-state index in [9.17, 15) is 4.79 Å². The predicted molar refractivity (Wildman–Crippen MR) is 162 cm³/mol. The molecule has 1 aliphatic heterocycles. The van der Waals surface area contributed by atoms with Gasteiger partial charge in [-0.3, -0.25) is 9.69 Å². The molecule has 0 N–H and O–H groups in total.